The first-order valence-corrected chi connectivity index (χ1v) is 9.46. The molecule has 1 unspecified atom stereocenters. The molecule has 3 rings (SSSR count). The second kappa shape index (κ2) is 7.67. The fourth-order valence-electron chi connectivity index (χ4n) is 3.67. The van der Waals surface area contributed by atoms with Crippen LogP contribution in [0.2, 0.25) is 0 Å². The zero-order chi connectivity index (χ0) is 17.9. The van der Waals surface area contributed by atoms with E-state index in [9.17, 15) is 4.79 Å². The lowest BCUT2D eigenvalue weighted by Gasteiger charge is -2.44. The van der Waals surface area contributed by atoms with E-state index in [-0.39, 0.29) is 17.5 Å². The van der Waals surface area contributed by atoms with Gasteiger partial charge in [0.25, 0.3) is 0 Å². The van der Waals surface area contributed by atoms with Crippen LogP contribution in [-0.2, 0) is 16.8 Å². The van der Waals surface area contributed by atoms with Crippen molar-refractivity contribution in [3.05, 3.63) is 64.4 Å². The summed E-state index contributed by atoms with van der Waals surface area (Å²) in [5.41, 5.74) is 1.70. The second-order valence-electron chi connectivity index (χ2n) is 6.80. The Hall–Kier alpha value is -1.72. The van der Waals surface area contributed by atoms with Crippen LogP contribution in [0.25, 0.3) is 0 Å². The van der Waals surface area contributed by atoms with Gasteiger partial charge in [0.1, 0.15) is 0 Å². The van der Waals surface area contributed by atoms with Gasteiger partial charge in [0.2, 0.25) is 5.91 Å². The van der Waals surface area contributed by atoms with Gasteiger partial charge < -0.3 is 10.2 Å². The van der Waals surface area contributed by atoms with E-state index in [1.165, 1.54) is 0 Å². The summed E-state index contributed by atoms with van der Waals surface area (Å²) >= 11 is 3.42. The molecule has 1 aliphatic heterocycles. The normalized spacial score (nSPS) is 19.4. The van der Waals surface area contributed by atoms with Gasteiger partial charge in [0.05, 0.1) is 12.0 Å². The molecule has 25 heavy (non-hydrogen) atoms. The largest absolute Gasteiger partial charge is 0.334 e. The minimum atomic E-state index is -0.381. The molecule has 4 nitrogen and oxygen atoms in total. The minimum Gasteiger partial charge on any atom is -0.334 e. The first-order chi connectivity index (χ1) is 12.0. The number of nitrogens with zero attached hydrogens (tertiary/aromatic N) is 2. The quantitative estimate of drug-likeness (QED) is 0.833. The van der Waals surface area contributed by atoms with E-state index in [1.54, 1.807) is 12.4 Å². The molecule has 1 amide bonds. The number of carbonyl (C=O) groups is 1. The van der Waals surface area contributed by atoms with Crippen LogP contribution in [0.4, 0.5) is 0 Å². The molecule has 1 saturated heterocycles. The highest BCUT2D eigenvalue weighted by atomic mass is 79.9. The Kier molecular flexibility index (Phi) is 5.54. The van der Waals surface area contributed by atoms with E-state index in [0.29, 0.717) is 6.42 Å². The van der Waals surface area contributed by atoms with E-state index in [0.717, 1.165) is 35.0 Å². The molecule has 2 atom stereocenters. The van der Waals surface area contributed by atoms with Gasteiger partial charge in [-0.25, -0.2) is 0 Å². The van der Waals surface area contributed by atoms with Crippen molar-refractivity contribution in [1.29, 1.82) is 0 Å². The van der Waals surface area contributed by atoms with Crippen LogP contribution in [0.15, 0.2) is 53.3 Å². The summed E-state index contributed by atoms with van der Waals surface area (Å²) in [6, 6.07) is 12.5. The minimum absolute atomic E-state index is 0.0972. The highest BCUT2D eigenvalue weighted by Gasteiger charge is 2.42. The third kappa shape index (κ3) is 3.77. The van der Waals surface area contributed by atoms with Crippen LogP contribution in [-0.4, -0.2) is 35.4 Å². The van der Waals surface area contributed by atoms with E-state index in [4.69, 9.17) is 0 Å². The Morgan fingerprint density at radius 1 is 1.36 bits per heavy atom. The number of hydrogen-bond donors (Lipinski definition) is 1. The molecule has 1 aromatic heterocycles. The summed E-state index contributed by atoms with van der Waals surface area (Å²) in [5.74, 6) is 0.0972. The average Bonchev–Trinajstić information content (AvgIpc) is 3.16. The number of amides is 1. The van der Waals surface area contributed by atoms with Gasteiger partial charge in [0.15, 0.2) is 0 Å². The molecule has 0 spiro atoms. The van der Waals surface area contributed by atoms with Crippen molar-refractivity contribution < 1.29 is 4.79 Å². The molecule has 2 heterocycles. The van der Waals surface area contributed by atoms with E-state index in [2.05, 4.69) is 45.3 Å². The monoisotopic (exact) mass is 401 g/mol. The third-order valence-corrected chi connectivity index (χ3v) is 5.72. The first kappa shape index (κ1) is 18.1. The average molecular weight is 402 g/mol. The van der Waals surface area contributed by atoms with Crippen molar-refractivity contribution in [1.82, 2.24) is 15.2 Å². The Labute approximate surface area is 157 Å². The van der Waals surface area contributed by atoms with Crippen LogP contribution in [0.5, 0.6) is 0 Å². The predicted molar refractivity (Wildman–Crippen MR) is 103 cm³/mol. The zero-order valence-electron chi connectivity index (χ0n) is 14.7. The van der Waals surface area contributed by atoms with E-state index >= 15 is 0 Å². The fraction of sp³-hybridized carbons (Fsp3) is 0.400. The van der Waals surface area contributed by atoms with Gasteiger partial charge in [-0.05, 0) is 59.4 Å². The summed E-state index contributed by atoms with van der Waals surface area (Å²) < 4.78 is 0.892. The Morgan fingerprint density at radius 3 is 2.76 bits per heavy atom. The maximum absolute atomic E-state index is 13.1. The molecule has 132 valence electrons. The van der Waals surface area contributed by atoms with Crippen LogP contribution in [0.3, 0.4) is 0 Å². The number of halogens is 1. The molecule has 0 bridgehead atoms. The SMILES string of the molecule is CN(C(=O)Cc1cncc(Br)c1)[C@@](C)(c1ccccc1)C1CCCN1. The van der Waals surface area contributed by atoms with Crippen molar-refractivity contribution in [2.45, 2.75) is 37.8 Å². The van der Waals surface area contributed by atoms with Crippen molar-refractivity contribution >= 4 is 21.8 Å². The zero-order valence-corrected chi connectivity index (χ0v) is 16.3. The fourth-order valence-corrected chi connectivity index (χ4v) is 4.09. The smallest absolute Gasteiger partial charge is 0.227 e. The summed E-state index contributed by atoms with van der Waals surface area (Å²) in [6.07, 6.45) is 6.04. The molecule has 1 N–H and O–H groups in total. The van der Waals surface area contributed by atoms with Crippen LogP contribution < -0.4 is 5.32 Å². The number of nitrogens with one attached hydrogen (secondary N) is 1. The number of pyridine rings is 1. The van der Waals surface area contributed by atoms with Crippen molar-refractivity contribution in [2.24, 2.45) is 0 Å². The van der Waals surface area contributed by atoms with E-state index < -0.39 is 0 Å². The summed E-state index contributed by atoms with van der Waals surface area (Å²) in [5, 5.41) is 3.59. The summed E-state index contributed by atoms with van der Waals surface area (Å²) in [4.78, 5) is 19.1. The van der Waals surface area contributed by atoms with Crippen LogP contribution >= 0.6 is 15.9 Å². The lowest BCUT2D eigenvalue weighted by molar-refractivity contribution is -0.136. The Morgan fingerprint density at radius 2 is 2.12 bits per heavy atom. The Balaban J connectivity index is 1.88. The first-order valence-electron chi connectivity index (χ1n) is 8.67. The lowest BCUT2D eigenvalue weighted by Crippen LogP contribution is -2.56. The van der Waals surface area contributed by atoms with Crippen molar-refractivity contribution in [2.75, 3.05) is 13.6 Å². The number of benzene rings is 1. The van der Waals surface area contributed by atoms with E-state index in [1.807, 2.05) is 36.2 Å². The number of rotatable bonds is 5. The number of aromatic nitrogens is 1. The molecule has 1 aromatic carbocycles. The maximum atomic E-state index is 13.1. The van der Waals surface area contributed by atoms with Crippen molar-refractivity contribution in [3.8, 4) is 0 Å². The van der Waals surface area contributed by atoms with Gasteiger partial charge in [-0.15, -0.1) is 0 Å². The Bertz CT molecular complexity index is 731. The topological polar surface area (TPSA) is 45.2 Å². The third-order valence-electron chi connectivity index (χ3n) is 5.28. The molecular weight excluding hydrogens is 378 g/mol. The molecule has 1 fully saturated rings. The number of hydrogen-bond acceptors (Lipinski definition) is 3. The van der Waals surface area contributed by atoms with Crippen LogP contribution in [0, 0.1) is 0 Å². The maximum Gasteiger partial charge on any atom is 0.227 e. The summed E-state index contributed by atoms with van der Waals surface area (Å²) in [6.45, 7) is 3.17. The predicted octanol–water partition coefficient (Wildman–Crippen LogP) is 3.51. The van der Waals surface area contributed by atoms with Gasteiger partial charge in [-0.1, -0.05) is 30.3 Å². The number of carbonyl (C=O) groups excluding carboxylic acids is 1. The standard InChI is InChI=1S/C20H24BrN3O/c1-20(18-9-6-10-23-18,16-7-4-3-5-8-16)24(2)19(25)12-15-11-17(21)14-22-13-15/h3-5,7-8,11,13-14,18,23H,6,9-10,12H2,1-2H3/t18?,20-/m0/s1. The van der Waals surface area contributed by atoms with Gasteiger partial charge >= 0.3 is 0 Å². The number of likely N-dealkylation sites (N-methyl/N-ethyl adjacent to an activating group) is 1. The molecule has 1 aliphatic rings. The van der Waals surface area contributed by atoms with Gasteiger partial charge in [-0.3, -0.25) is 9.78 Å². The molecule has 5 heteroatoms. The van der Waals surface area contributed by atoms with Gasteiger partial charge in [0, 0.05) is 30.0 Å². The summed E-state index contributed by atoms with van der Waals surface area (Å²) in [7, 11) is 1.92. The molecule has 0 saturated carbocycles. The van der Waals surface area contributed by atoms with Crippen molar-refractivity contribution in [3.63, 3.8) is 0 Å². The molecule has 0 aliphatic carbocycles. The highest BCUT2D eigenvalue weighted by Crippen LogP contribution is 2.35. The molecule has 2 aromatic rings. The second-order valence-corrected chi connectivity index (χ2v) is 7.72. The van der Waals surface area contributed by atoms with Gasteiger partial charge in [-0.2, -0.15) is 0 Å². The molecule has 0 radical (unpaired) electrons. The highest BCUT2D eigenvalue weighted by molar-refractivity contribution is 9.10. The lowest BCUT2D eigenvalue weighted by atomic mass is 9.82. The van der Waals surface area contributed by atoms with Crippen LogP contribution in [0.1, 0.15) is 30.9 Å². The molecular formula is C20H24BrN3O.